The van der Waals surface area contributed by atoms with Crippen molar-refractivity contribution in [1.29, 1.82) is 0 Å². The van der Waals surface area contributed by atoms with Crippen LogP contribution in [0.25, 0.3) is 0 Å². The fourth-order valence-electron chi connectivity index (χ4n) is 1.35. The van der Waals surface area contributed by atoms with Crippen LogP contribution in [0, 0.1) is 6.92 Å². The first-order chi connectivity index (χ1) is 8.38. The zero-order valence-electron chi connectivity index (χ0n) is 9.44. The molecule has 2 rings (SSSR count). The van der Waals surface area contributed by atoms with Gasteiger partial charge in [0, 0.05) is 5.02 Å². The molecule has 0 radical (unpaired) electrons. The number of sulfonamides is 1. The van der Waals surface area contributed by atoms with Crippen molar-refractivity contribution in [1.82, 2.24) is 9.97 Å². The minimum absolute atomic E-state index is 0.0284. The number of imidazole rings is 1. The lowest BCUT2D eigenvalue weighted by atomic mass is 10.3. The molecule has 4 N–H and O–H groups in total. The van der Waals surface area contributed by atoms with E-state index in [9.17, 15) is 8.42 Å². The molecule has 0 unspecified atom stereocenters. The molecular weight excluding hydrogens is 276 g/mol. The number of H-pyrrole nitrogens is 1. The van der Waals surface area contributed by atoms with E-state index in [0.717, 1.165) is 0 Å². The lowest BCUT2D eigenvalue weighted by Crippen LogP contribution is -2.14. The van der Waals surface area contributed by atoms with Crippen LogP contribution in [0.2, 0.25) is 5.02 Å². The van der Waals surface area contributed by atoms with Crippen molar-refractivity contribution in [2.75, 3.05) is 10.5 Å². The van der Waals surface area contributed by atoms with Crippen molar-refractivity contribution < 1.29 is 8.42 Å². The molecule has 2 aromatic rings. The molecule has 0 spiro atoms. The van der Waals surface area contributed by atoms with E-state index in [1.54, 1.807) is 13.0 Å². The van der Waals surface area contributed by atoms with Gasteiger partial charge in [0.25, 0.3) is 10.0 Å². The first-order valence-electron chi connectivity index (χ1n) is 4.98. The number of nitrogens with two attached hydrogens (primary N) is 1. The molecule has 0 bridgehead atoms. The largest absolute Gasteiger partial charge is 0.397 e. The van der Waals surface area contributed by atoms with Gasteiger partial charge in [0.15, 0.2) is 5.03 Å². The van der Waals surface area contributed by atoms with Crippen molar-refractivity contribution >= 4 is 33.0 Å². The Bertz CT molecular complexity index is 681. The van der Waals surface area contributed by atoms with Crippen LogP contribution >= 0.6 is 11.6 Å². The summed E-state index contributed by atoms with van der Waals surface area (Å²) in [5.41, 5.74) is 6.19. The highest BCUT2D eigenvalue weighted by atomic mass is 35.5. The smallest absolute Gasteiger partial charge is 0.279 e. The second kappa shape index (κ2) is 4.51. The predicted molar refractivity (Wildman–Crippen MR) is 70.0 cm³/mol. The van der Waals surface area contributed by atoms with Crippen LogP contribution in [-0.2, 0) is 10.0 Å². The van der Waals surface area contributed by atoms with Crippen LogP contribution in [0.4, 0.5) is 11.4 Å². The minimum Gasteiger partial charge on any atom is -0.397 e. The first-order valence-corrected chi connectivity index (χ1v) is 6.84. The van der Waals surface area contributed by atoms with Gasteiger partial charge in [0.05, 0.1) is 17.6 Å². The van der Waals surface area contributed by atoms with Crippen LogP contribution < -0.4 is 10.5 Å². The molecule has 6 nitrogen and oxygen atoms in total. The molecule has 0 saturated carbocycles. The zero-order valence-corrected chi connectivity index (χ0v) is 11.0. The van der Waals surface area contributed by atoms with Gasteiger partial charge in [0.1, 0.15) is 5.82 Å². The normalized spacial score (nSPS) is 11.4. The van der Waals surface area contributed by atoms with E-state index < -0.39 is 10.0 Å². The molecule has 0 aliphatic rings. The number of nitrogen functional groups attached to an aromatic ring is 1. The van der Waals surface area contributed by atoms with E-state index in [-0.39, 0.29) is 10.7 Å². The van der Waals surface area contributed by atoms with Crippen molar-refractivity contribution in [3.8, 4) is 0 Å². The fraction of sp³-hybridized carbons (Fsp3) is 0.100. The number of aromatic nitrogens is 2. The van der Waals surface area contributed by atoms with Crippen LogP contribution in [0.15, 0.2) is 29.4 Å². The number of halogens is 1. The summed E-state index contributed by atoms with van der Waals surface area (Å²) in [6.07, 6.45) is 1.23. The molecule has 0 atom stereocenters. The Morgan fingerprint density at radius 3 is 2.78 bits per heavy atom. The number of rotatable bonds is 3. The Labute approximate surface area is 109 Å². The maximum atomic E-state index is 12.0. The Kier molecular flexibility index (Phi) is 3.18. The molecule has 96 valence electrons. The maximum absolute atomic E-state index is 12.0. The lowest BCUT2D eigenvalue weighted by Gasteiger charge is -2.09. The Morgan fingerprint density at radius 2 is 2.17 bits per heavy atom. The molecule has 0 amide bonds. The number of hydrogen-bond acceptors (Lipinski definition) is 4. The highest BCUT2D eigenvalue weighted by molar-refractivity contribution is 7.92. The first kappa shape index (κ1) is 12.7. The van der Waals surface area contributed by atoms with Crippen molar-refractivity contribution in [2.24, 2.45) is 0 Å². The molecule has 1 aromatic heterocycles. The summed E-state index contributed by atoms with van der Waals surface area (Å²) in [7, 11) is -3.74. The van der Waals surface area contributed by atoms with Gasteiger partial charge in [-0.2, -0.15) is 8.42 Å². The van der Waals surface area contributed by atoms with Gasteiger partial charge in [-0.3, -0.25) is 4.72 Å². The third kappa shape index (κ3) is 2.57. The summed E-state index contributed by atoms with van der Waals surface area (Å²) < 4.78 is 26.3. The summed E-state index contributed by atoms with van der Waals surface area (Å²) in [6, 6.07) is 4.55. The number of nitrogens with zero attached hydrogens (tertiary/aromatic N) is 1. The third-order valence-corrected chi connectivity index (χ3v) is 3.74. The standard InChI is InChI=1S/C10H11ClN4O2S/c1-6-13-5-10(14-6)18(16,17)15-9-4-7(11)2-3-8(9)12/h2-5,15H,12H2,1H3,(H,13,14). The SMILES string of the molecule is Cc1ncc(S(=O)(=O)Nc2cc(Cl)ccc2N)[nH]1. The molecular formula is C10H11ClN4O2S. The summed E-state index contributed by atoms with van der Waals surface area (Å²) in [5.74, 6) is 0.509. The minimum atomic E-state index is -3.74. The topological polar surface area (TPSA) is 101 Å². The van der Waals surface area contributed by atoms with E-state index in [2.05, 4.69) is 14.7 Å². The second-order valence-electron chi connectivity index (χ2n) is 3.67. The quantitative estimate of drug-likeness (QED) is 0.748. The summed E-state index contributed by atoms with van der Waals surface area (Å²) in [6.45, 7) is 1.66. The van der Waals surface area contributed by atoms with Gasteiger partial charge in [-0.1, -0.05) is 11.6 Å². The molecule has 1 heterocycles. The van der Waals surface area contributed by atoms with Gasteiger partial charge < -0.3 is 10.7 Å². The van der Waals surface area contributed by atoms with E-state index in [1.165, 1.54) is 18.3 Å². The van der Waals surface area contributed by atoms with Crippen LogP contribution in [-0.4, -0.2) is 18.4 Å². The van der Waals surface area contributed by atoms with Gasteiger partial charge in [-0.25, -0.2) is 4.98 Å². The number of anilines is 2. The molecule has 1 aromatic carbocycles. The monoisotopic (exact) mass is 286 g/mol. The van der Waals surface area contributed by atoms with Gasteiger partial charge >= 0.3 is 0 Å². The molecule has 0 saturated heterocycles. The summed E-state index contributed by atoms with van der Waals surface area (Å²) in [4.78, 5) is 6.47. The third-order valence-electron chi connectivity index (χ3n) is 2.23. The number of aromatic amines is 1. The zero-order chi connectivity index (χ0) is 13.3. The average molecular weight is 287 g/mol. The van der Waals surface area contributed by atoms with Crippen molar-refractivity contribution in [3.63, 3.8) is 0 Å². The number of nitrogens with one attached hydrogen (secondary N) is 2. The van der Waals surface area contributed by atoms with Crippen molar-refractivity contribution in [2.45, 2.75) is 11.9 Å². The molecule has 18 heavy (non-hydrogen) atoms. The number of aryl methyl sites for hydroxylation is 1. The molecule has 0 aliphatic carbocycles. The fourth-order valence-corrected chi connectivity index (χ4v) is 2.57. The molecule has 0 aliphatic heterocycles. The number of hydrogen-bond donors (Lipinski definition) is 3. The Morgan fingerprint density at radius 1 is 1.44 bits per heavy atom. The predicted octanol–water partition coefficient (Wildman–Crippen LogP) is 1.75. The molecule has 8 heteroatoms. The average Bonchev–Trinajstić information content (AvgIpc) is 2.71. The molecule has 0 fully saturated rings. The second-order valence-corrected chi connectivity index (χ2v) is 5.76. The maximum Gasteiger partial charge on any atom is 0.279 e. The van der Waals surface area contributed by atoms with Crippen molar-refractivity contribution in [3.05, 3.63) is 35.2 Å². The van der Waals surface area contributed by atoms with E-state index >= 15 is 0 Å². The Hall–Kier alpha value is -1.73. The number of benzene rings is 1. The van der Waals surface area contributed by atoms with Gasteiger partial charge in [0.2, 0.25) is 0 Å². The highest BCUT2D eigenvalue weighted by Crippen LogP contribution is 2.25. The van der Waals surface area contributed by atoms with E-state index in [1.807, 2.05) is 0 Å². The van der Waals surface area contributed by atoms with Gasteiger partial charge in [-0.15, -0.1) is 0 Å². The van der Waals surface area contributed by atoms with Gasteiger partial charge in [-0.05, 0) is 25.1 Å². The summed E-state index contributed by atoms with van der Waals surface area (Å²) in [5, 5.41) is 0.363. The Balaban J connectivity index is 2.36. The lowest BCUT2D eigenvalue weighted by molar-refractivity contribution is 0.598. The highest BCUT2D eigenvalue weighted by Gasteiger charge is 2.17. The van der Waals surface area contributed by atoms with Crippen LogP contribution in [0.3, 0.4) is 0 Å². The van der Waals surface area contributed by atoms with E-state index in [4.69, 9.17) is 17.3 Å². The van der Waals surface area contributed by atoms with E-state index in [0.29, 0.717) is 16.5 Å². The van der Waals surface area contributed by atoms with Crippen LogP contribution in [0.5, 0.6) is 0 Å². The summed E-state index contributed by atoms with van der Waals surface area (Å²) >= 11 is 5.79. The van der Waals surface area contributed by atoms with Crippen LogP contribution in [0.1, 0.15) is 5.82 Å².